The SMILES string of the molecule is CC(C)Nc1nc(-c2cc(O[C@@H]3CC(C(N)=O)N(C(=O)CCCCCC/C=C\C4CC4C(=O)O)C3)c3ccc(O)cc3c2)cs1.NC(=O)OC1CCCC1. The van der Waals surface area contributed by atoms with Gasteiger partial charge in [0.05, 0.1) is 18.2 Å². The van der Waals surface area contributed by atoms with Gasteiger partial charge < -0.3 is 41.4 Å². The Kier molecular flexibility index (Phi) is 14.2. The smallest absolute Gasteiger partial charge is 0.404 e. The summed E-state index contributed by atoms with van der Waals surface area (Å²) < 4.78 is 11.2. The molecule has 2 heterocycles. The molecule has 0 radical (unpaired) electrons. The number of nitrogens with one attached hydrogen (secondary N) is 1. The molecule has 6 rings (SSSR count). The predicted molar refractivity (Wildman–Crippen MR) is 208 cm³/mol. The molecule has 2 aromatic carbocycles. The molecule has 54 heavy (non-hydrogen) atoms. The highest BCUT2D eigenvalue weighted by Crippen LogP contribution is 2.40. The van der Waals surface area contributed by atoms with Gasteiger partial charge in [0.15, 0.2) is 5.13 Å². The number of hydrogen-bond donors (Lipinski definition) is 5. The monoisotopic (exact) mass is 763 g/mol. The summed E-state index contributed by atoms with van der Waals surface area (Å²) in [4.78, 5) is 52.9. The van der Waals surface area contributed by atoms with Crippen molar-refractivity contribution in [1.29, 1.82) is 0 Å². The molecular formula is C40H53N5O8S. The Hall–Kier alpha value is -4.85. The molecule has 3 amide bonds. The van der Waals surface area contributed by atoms with E-state index < -0.39 is 30.1 Å². The first-order valence-electron chi connectivity index (χ1n) is 19.0. The van der Waals surface area contributed by atoms with Gasteiger partial charge in [0.25, 0.3) is 0 Å². The molecule has 7 N–H and O–H groups in total. The number of nitrogens with two attached hydrogens (primary N) is 2. The van der Waals surface area contributed by atoms with E-state index in [1.54, 1.807) is 23.1 Å². The van der Waals surface area contributed by atoms with E-state index in [4.69, 9.17) is 31.0 Å². The number of allylic oxidation sites excluding steroid dienone is 2. The van der Waals surface area contributed by atoms with E-state index in [2.05, 4.69) is 25.2 Å². The Morgan fingerprint density at radius 2 is 1.80 bits per heavy atom. The maximum Gasteiger partial charge on any atom is 0.404 e. The van der Waals surface area contributed by atoms with Gasteiger partial charge in [0.2, 0.25) is 11.8 Å². The Bertz CT molecular complexity index is 1810. The molecule has 4 atom stereocenters. The first-order chi connectivity index (χ1) is 25.9. The number of anilines is 1. The molecule has 3 aromatic rings. The van der Waals surface area contributed by atoms with E-state index in [0.29, 0.717) is 18.6 Å². The van der Waals surface area contributed by atoms with Crippen molar-refractivity contribution in [3.63, 3.8) is 0 Å². The minimum atomic E-state index is -0.730. The lowest BCUT2D eigenvalue weighted by Gasteiger charge is -2.22. The number of aromatic nitrogens is 1. The third-order valence-corrected chi connectivity index (χ3v) is 10.7. The van der Waals surface area contributed by atoms with Crippen LogP contribution in [0.1, 0.15) is 90.9 Å². The number of carboxylic acid groups (broad SMARTS) is 1. The predicted octanol–water partition coefficient (Wildman–Crippen LogP) is 6.96. The summed E-state index contributed by atoms with van der Waals surface area (Å²) in [5.41, 5.74) is 12.2. The maximum absolute atomic E-state index is 13.2. The fourth-order valence-corrected chi connectivity index (χ4v) is 7.95. The Morgan fingerprint density at radius 1 is 1.04 bits per heavy atom. The van der Waals surface area contributed by atoms with Crippen LogP contribution >= 0.6 is 11.3 Å². The summed E-state index contributed by atoms with van der Waals surface area (Å²) in [6, 6.07) is 8.49. The molecule has 0 spiro atoms. The second-order valence-corrected chi connectivity index (χ2v) is 15.6. The largest absolute Gasteiger partial charge is 0.508 e. The van der Waals surface area contributed by atoms with E-state index in [-0.39, 0.29) is 42.2 Å². The van der Waals surface area contributed by atoms with Crippen molar-refractivity contribution in [3.05, 3.63) is 47.9 Å². The number of hydrogen-bond acceptors (Lipinski definition) is 10. The minimum Gasteiger partial charge on any atom is -0.508 e. The molecule has 1 saturated heterocycles. The number of phenolic OH excluding ortho intramolecular Hbond substituents is 1. The van der Waals surface area contributed by atoms with Gasteiger partial charge in [-0.15, -0.1) is 11.3 Å². The van der Waals surface area contributed by atoms with Crippen molar-refractivity contribution in [2.75, 3.05) is 11.9 Å². The van der Waals surface area contributed by atoms with Crippen LogP contribution in [-0.4, -0.2) is 74.8 Å². The summed E-state index contributed by atoms with van der Waals surface area (Å²) in [7, 11) is 0. The number of thiazole rings is 1. The lowest BCUT2D eigenvalue weighted by atomic mass is 10.0. The number of rotatable bonds is 16. The summed E-state index contributed by atoms with van der Waals surface area (Å²) in [5.74, 6) is -0.664. The van der Waals surface area contributed by atoms with Crippen LogP contribution in [0.4, 0.5) is 9.93 Å². The van der Waals surface area contributed by atoms with Crippen molar-refractivity contribution in [2.45, 2.75) is 115 Å². The molecular weight excluding hydrogens is 711 g/mol. The molecule has 1 aliphatic heterocycles. The Labute approximate surface area is 320 Å². The summed E-state index contributed by atoms with van der Waals surface area (Å²) in [6.07, 6.45) is 13.3. The van der Waals surface area contributed by atoms with E-state index in [0.717, 1.165) is 91.4 Å². The van der Waals surface area contributed by atoms with Crippen molar-refractivity contribution in [3.8, 4) is 22.8 Å². The van der Waals surface area contributed by atoms with E-state index in [1.165, 1.54) is 11.3 Å². The first kappa shape index (κ1) is 40.3. The number of phenols is 1. The van der Waals surface area contributed by atoms with E-state index in [1.807, 2.05) is 23.6 Å². The number of carbonyl (C=O) groups is 4. The highest BCUT2D eigenvalue weighted by molar-refractivity contribution is 7.14. The number of carbonyl (C=O) groups excluding carboxylic acids is 3. The number of aliphatic carboxylic acids is 1. The van der Waals surface area contributed by atoms with Crippen LogP contribution < -0.4 is 21.5 Å². The molecule has 292 valence electrons. The van der Waals surface area contributed by atoms with Gasteiger partial charge in [-0.2, -0.15) is 0 Å². The molecule has 3 unspecified atom stereocenters. The quantitative estimate of drug-likeness (QED) is 0.0748. The van der Waals surface area contributed by atoms with Crippen LogP contribution in [0.2, 0.25) is 0 Å². The highest BCUT2D eigenvalue weighted by Gasteiger charge is 2.41. The molecule has 14 heteroatoms. The molecule has 2 aliphatic carbocycles. The van der Waals surface area contributed by atoms with Crippen LogP contribution in [0.25, 0.3) is 22.0 Å². The zero-order valence-corrected chi connectivity index (χ0v) is 31.9. The van der Waals surface area contributed by atoms with Gasteiger partial charge >= 0.3 is 12.1 Å². The molecule has 1 aromatic heterocycles. The van der Waals surface area contributed by atoms with Crippen molar-refractivity contribution < 1.29 is 38.9 Å². The number of likely N-dealkylation sites (tertiary alicyclic amines) is 1. The number of nitrogens with zero attached hydrogens (tertiary/aromatic N) is 2. The summed E-state index contributed by atoms with van der Waals surface area (Å²) in [6.45, 7) is 4.37. The van der Waals surface area contributed by atoms with Gasteiger partial charge in [-0.1, -0.05) is 25.0 Å². The lowest BCUT2D eigenvalue weighted by molar-refractivity contribution is -0.138. The topological polar surface area (TPSA) is 207 Å². The number of aromatic hydroxyl groups is 1. The van der Waals surface area contributed by atoms with Gasteiger partial charge in [-0.3, -0.25) is 14.4 Å². The second-order valence-electron chi connectivity index (χ2n) is 14.7. The van der Waals surface area contributed by atoms with Gasteiger partial charge in [0.1, 0.15) is 29.7 Å². The van der Waals surface area contributed by atoms with Gasteiger partial charge in [0, 0.05) is 35.2 Å². The van der Waals surface area contributed by atoms with Crippen LogP contribution in [0.15, 0.2) is 47.9 Å². The standard InChI is InChI=1S/C34H42N4O6S.C6H11NO2/c1-20(2)36-34-37-28(19-45-34)23-13-22-14-24(39)11-12-26(22)30(16-23)44-25-17-29(32(35)41)38(18-25)31(40)10-8-6-4-3-5-7-9-21-15-27(21)33(42)43;7-6(8)9-5-3-1-2-4-5/h7,9,11-14,16,19-21,25,27,29,39H,3-6,8,10,15,17-18H2,1-2H3,(H2,35,41)(H,36,37)(H,42,43);5H,1-4H2,(H2,7,8)/b9-7-;/t21?,25-,27?,29?;/m1./s1. The van der Waals surface area contributed by atoms with Crippen LogP contribution in [0.5, 0.6) is 11.5 Å². The zero-order chi connectivity index (χ0) is 38.8. The maximum atomic E-state index is 13.2. The third kappa shape index (κ3) is 11.6. The van der Waals surface area contributed by atoms with Crippen LogP contribution in [-0.2, 0) is 19.1 Å². The molecule has 0 bridgehead atoms. The zero-order valence-electron chi connectivity index (χ0n) is 31.1. The fourth-order valence-electron chi connectivity index (χ4n) is 7.08. The molecule has 13 nitrogen and oxygen atoms in total. The van der Waals surface area contributed by atoms with Crippen molar-refractivity contribution in [2.24, 2.45) is 23.3 Å². The fraction of sp³-hybridized carbons (Fsp3) is 0.525. The molecule has 3 fully saturated rings. The first-order valence-corrected chi connectivity index (χ1v) is 19.9. The van der Waals surface area contributed by atoms with Crippen LogP contribution in [0.3, 0.4) is 0 Å². The van der Waals surface area contributed by atoms with Crippen molar-refractivity contribution in [1.82, 2.24) is 9.88 Å². The number of unbranched alkanes of at least 4 members (excludes halogenated alkanes) is 4. The summed E-state index contributed by atoms with van der Waals surface area (Å²) in [5, 5.41) is 26.9. The molecule has 3 aliphatic rings. The molecule has 2 saturated carbocycles. The average molecular weight is 764 g/mol. The second kappa shape index (κ2) is 19.0. The van der Waals surface area contributed by atoms with Crippen molar-refractivity contribution >= 4 is 51.1 Å². The number of ether oxygens (including phenoxy) is 2. The summed E-state index contributed by atoms with van der Waals surface area (Å²) >= 11 is 1.52. The normalized spacial score (nSPS) is 20.9. The third-order valence-electron chi connectivity index (χ3n) is 9.95. The number of primary amides is 2. The van der Waals surface area contributed by atoms with E-state index >= 15 is 0 Å². The Morgan fingerprint density at radius 3 is 2.48 bits per heavy atom. The lowest BCUT2D eigenvalue weighted by Crippen LogP contribution is -2.43. The van der Waals surface area contributed by atoms with E-state index in [9.17, 15) is 24.3 Å². The average Bonchev–Trinajstić information content (AvgIpc) is 3.43. The number of amides is 3. The van der Waals surface area contributed by atoms with Crippen LogP contribution in [0, 0.1) is 11.8 Å². The highest BCUT2D eigenvalue weighted by atomic mass is 32.1. The number of benzene rings is 2. The number of carboxylic acids is 1. The minimum absolute atomic E-state index is 0.102. The van der Waals surface area contributed by atoms with Gasteiger partial charge in [-0.25, -0.2) is 9.78 Å². The Balaban J connectivity index is 0.000000546. The number of fused-ring (bicyclic) bond motifs is 1. The van der Waals surface area contributed by atoms with Gasteiger partial charge in [-0.05, 0) is 107 Å².